The van der Waals surface area contributed by atoms with Gasteiger partial charge in [-0.25, -0.2) is 0 Å². The summed E-state index contributed by atoms with van der Waals surface area (Å²) in [6.45, 7) is 2.60. The smallest absolute Gasteiger partial charge is 0.261 e. The van der Waals surface area contributed by atoms with Crippen LogP contribution in [-0.4, -0.2) is 32.4 Å². The summed E-state index contributed by atoms with van der Waals surface area (Å²) in [6.07, 6.45) is 1.50. The molecule has 0 unspecified atom stereocenters. The molecule has 0 radical (unpaired) electrons. The molecule has 0 aliphatic rings. The number of rotatable bonds is 9. The van der Waals surface area contributed by atoms with Gasteiger partial charge in [0.2, 0.25) is 0 Å². The Kier molecular flexibility index (Phi) is 7.76. The van der Waals surface area contributed by atoms with Gasteiger partial charge in [-0.15, -0.1) is 0 Å². The molecule has 0 bridgehead atoms. The third-order valence-corrected chi connectivity index (χ3v) is 3.76. The van der Waals surface area contributed by atoms with Gasteiger partial charge >= 0.3 is 0 Å². The molecule has 0 fully saturated rings. The molecule has 0 saturated heterocycles. The quantitative estimate of drug-likeness (QED) is 0.538. The van der Waals surface area contributed by atoms with Crippen molar-refractivity contribution in [2.75, 3.05) is 20.3 Å². The first-order valence-corrected chi connectivity index (χ1v) is 8.48. The minimum atomic E-state index is -0.286. The molecule has 2 aromatic rings. The van der Waals surface area contributed by atoms with Crippen molar-refractivity contribution in [3.63, 3.8) is 0 Å². The van der Waals surface area contributed by atoms with E-state index in [1.807, 2.05) is 31.2 Å². The molecule has 0 atom stereocenters. The van der Waals surface area contributed by atoms with Crippen LogP contribution in [0.25, 0.3) is 0 Å². The van der Waals surface area contributed by atoms with Crippen LogP contribution >= 0.6 is 11.6 Å². The number of hydrogen-bond donors (Lipinski definition) is 1. The number of carbonyl (C=O) groups is 1. The van der Waals surface area contributed by atoms with Crippen LogP contribution in [0.5, 0.6) is 11.5 Å². The normalized spacial score (nSPS) is 10.6. The molecule has 0 aromatic heterocycles. The number of hydrogen-bond acceptors (Lipinski definition) is 5. The summed E-state index contributed by atoms with van der Waals surface area (Å²) < 4.78 is 10.7. The standard InChI is InChI=1S/C19H21ClN2O4/c1-3-25-17-9-8-14(10-18(17)24-2)11-22-26-13-19(23)21-12-15-6-4-5-7-16(15)20/h4-11H,3,12-13H2,1-2H3,(H,21,23)/b22-11-. The van der Waals surface area contributed by atoms with E-state index in [2.05, 4.69) is 10.5 Å². The fourth-order valence-electron chi connectivity index (χ4n) is 2.12. The minimum absolute atomic E-state index is 0.185. The maximum atomic E-state index is 11.8. The van der Waals surface area contributed by atoms with Gasteiger partial charge in [-0.2, -0.15) is 0 Å². The molecule has 1 amide bonds. The monoisotopic (exact) mass is 376 g/mol. The lowest BCUT2D eigenvalue weighted by Crippen LogP contribution is -2.26. The molecule has 0 heterocycles. The average molecular weight is 377 g/mol. The zero-order valence-electron chi connectivity index (χ0n) is 14.7. The van der Waals surface area contributed by atoms with Crippen molar-refractivity contribution in [3.05, 3.63) is 58.6 Å². The van der Waals surface area contributed by atoms with Crippen molar-refractivity contribution >= 4 is 23.7 Å². The number of methoxy groups -OCH3 is 1. The van der Waals surface area contributed by atoms with Crippen LogP contribution in [0.1, 0.15) is 18.1 Å². The highest BCUT2D eigenvalue weighted by Crippen LogP contribution is 2.27. The van der Waals surface area contributed by atoms with Gasteiger partial charge in [0.15, 0.2) is 18.1 Å². The summed E-state index contributed by atoms with van der Waals surface area (Å²) in [5.41, 5.74) is 1.61. The predicted molar refractivity (Wildman–Crippen MR) is 101 cm³/mol. The molecule has 2 rings (SSSR count). The SMILES string of the molecule is CCOc1ccc(/C=N\OCC(=O)NCc2ccccc2Cl)cc1OC. The van der Waals surface area contributed by atoms with E-state index in [1.54, 1.807) is 25.3 Å². The second-order valence-electron chi connectivity index (χ2n) is 5.22. The highest BCUT2D eigenvalue weighted by molar-refractivity contribution is 6.31. The molecule has 26 heavy (non-hydrogen) atoms. The maximum Gasteiger partial charge on any atom is 0.261 e. The van der Waals surface area contributed by atoms with Crippen LogP contribution in [0, 0.1) is 0 Å². The molecular formula is C19H21ClN2O4. The van der Waals surface area contributed by atoms with Gasteiger partial charge in [0, 0.05) is 17.1 Å². The Balaban J connectivity index is 1.79. The Labute approximate surface area is 157 Å². The average Bonchev–Trinajstić information content (AvgIpc) is 2.65. The van der Waals surface area contributed by atoms with Gasteiger partial charge in [-0.1, -0.05) is 35.0 Å². The molecule has 2 aromatic carbocycles. The van der Waals surface area contributed by atoms with E-state index < -0.39 is 0 Å². The molecule has 7 heteroatoms. The van der Waals surface area contributed by atoms with Gasteiger partial charge in [0.05, 0.1) is 19.9 Å². The van der Waals surface area contributed by atoms with Crippen molar-refractivity contribution in [2.24, 2.45) is 5.16 Å². The summed E-state index contributed by atoms with van der Waals surface area (Å²) in [6, 6.07) is 12.7. The lowest BCUT2D eigenvalue weighted by Gasteiger charge is -2.09. The summed E-state index contributed by atoms with van der Waals surface area (Å²) in [5, 5.41) is 7.12. The highest BCUT2D eigenvalue weighted by Gasteiger charge is 2.05. The Bertz CT molecular complexity index is 765. The van der Waals surface area contributed by atoms with Crippen LogP contribution < -0.4 is 14.8 Å². The van der Waals surface area contributed by atoms with E-state index in [9.17, 15) is 4.79 Å². The van der Waals surface area contributed by atoms with Crippen LogP contribution in [0.3, 0.4) is 0 Å². The molecule has 6 nitrogen and oxygen atoms in total. The number of ether oxygens (including phenoxy) is 2. The molecule has 0 aliphatic carbocycles. The number of amides is 1. The number of oxime groups is 1. The van der Waals surface area contributed by atoms with Gasteiger partial charge in [-0.05, 0) is 36.8 Å². The lowest BCUT2D eigenvalue weighted by atomic mass is 10.2. The molecule has 138 valence electrons. The highest BCUT2D eigenvalue weighted by atomic mass is 35.5. The van der Waals surface area contributed by atoms with E-state index in [0.29, 0.717) is 29.7 Å². The first-order chi connectivity index (χ1) is 12.6. The van der Waals surface area contributed by atoms with Crippen molar-refractivity contribution in [2.45, 2.75) is 13.5 Å². The summed E-state index contributed by atoms with van der Waals surface area (Å²) in [5.74, 6) is 0.978. The molecule has 0 aliphatic heterocycles. The van der Waals surface area contributed by atoms with E-state index in [0.717, 1.165) is 11.1 Å². The third kappa shape index (κ3) is 5.97. The number of benzene rings is 2. The largest absolute Gasteiger partial charge is 0.493 e. The Morgan fingerprint density at radius 1 is 1.23 bits per heavy atom. The second-order valence-corrected chi connectivity index (χ2v) is 5.63. The fourth-order valence-corrected chi connectivity index (χ4v) is 2.32. The second kappa shape index (κ2) is 10.3. The zero-order chi connectivity index (χ0) is 18.8. The van der Waals surface area contributed by atoms with Crippen LogP contribution in [0.15, 0.2) is 47.6 Å². The van der Waals surface area contributed by atoms with E-state index >= 15 is 0 Å². The van der Waals surface area contributed by atoms with Crippen LogP contribution in [0.4, 0.5) is 0 Å². The van der Waals surface area contributed by atoms with E-state index in [4.69, 9.17) is 25.9 Å². The third-order valence-electron chi connectivity index (χ3n) is 3.39. The van der Waals surface area contributed by atoms with Crippen molar-refractivity contribution < 1.29 is 19.1 Å². The van der Waals surface area contributed by atoms with Gasteiger partial charge in [0.1, 0.15) is 0 Å². The molecular weight excluding hydrogens is 356 g/mol. The van der Waals surface area contributed by atoms with Crippen LogP contribution in [0.2, 0.25) is 5.02 Å². The minimum Gasteiger partial charge on any atom is -0.493 e. The zero-order valence-corrected chi connectivity index (χ0v) is 15.5. The van der Waals surface area contributed by atoms with E-state index in [-0.39, 0.29) is 12.5 Å². The van der Waals surface area contributed by atoms with Crippen molar-refractivity contribution in [1.29, 1.82) is 0 Å². The Morgan fingerprint density at radius 2 is 2.04 bits per heavy atom. The van der Waals surface area contributed by atoms with Gasteiger partial charge < -0.3 is 19.6 Å². The Morgan fingerprint density at radius 3 is 2.77 bits per heavy atom. The maximum absolute atomic E-state index is 11.8. The number of carbonyl (C=O) groups excluding carboxylic acids is 1. The Hall–Kier alpha value is -2.73. The van der Waals surface area contributed by atoms with Gasteiger partial charge in [-0.3, -0.25) is 4.79 Å². The van der Waals surface area contributed by atoms with Crippen molar-refractivity contribution in [3.8, 4) is 11.5 Å². The first-order valence-electron chi connectivity index (χ1n) is 8.10. The van der Waals surface area contributed by atoms with E-state index in [1.165, 1.54) is 6.21 Å². The fraction of sp³-hybridized carbons (Fsp3) is 0.263. The molecule has 0 spiro atoms. The molecule has 1 N–H and O–H groups in total. The first kappa shape index (κ1) is 19.6. The van der Waals surface area contributed by atoms with Crippen molar-refractivity contribution in [1.82, 2.24) is 5.32 Å². The number of halogens is 1. The van der Waals surface area contributed by atoms with Crippen LogP contribution in [-0.2, 0) is 16.2 Å². The lowest BCUT2D eigenvalue weighted by molar-refractivity contribution is -0.125. The molecule has 0 saturated carbocycles. The summed E-state index contributed by atoms with van der Waals surface area (Å²) in [7, 11) is 1.57. The topological polar surface area (TPSA) is 69.2 Å². The van der Waals surface area contributed by atoms with Gasteiger partial charge in [0.25, 0.3) is 5.91 Å². The summed E-state index contributed by atoms with van der Waals surface area (Å²) in [4.78, 5) is 16.8. The number of nitrogens with zero attached hydrogens (tertiary/aromatic N) is 1. The number of nitrogens with one attached hydrogen (secondary N) is 1. The summed E-state index contributed by atoms with van der Waals surface area (Å²) >= 11 is 6.03. The predicted octanol–water partition coefficient (Wildman–Crippen LogP) is 3.41.